The van der Waals surface area contributed by atoms with Gasteiger partial charge in [-0.15, -0.1) is 5.92 Å². The number of benzene rings is 2. The van der Waals surface area contributed by atoms with Crippen LogP contribution in [-0.2, 0) is 0 Å². The summed E-state index contributed by atoms with van der Waals surface area (Å²) in [7, 11) is 0. The Kier molecular flexibility index (Phi) is 6.47. The third-order valence-electron chi connectivity index (χ3n) is 3.73. The van der Waals surface area contributed by atoms with E-state index in [0.717, 1.165) is 6.42 Å². The number of aromatic nitrogens is 2. The minimum Gasteiger partial charge on any atom is -0.481 e. The Morgan fingerprint density at radius 3 is 2.83 bits per heavy atom. The normalized spacial score (nSPS) is 10.3. The molecule has 150 valence electrons. The van der Waals surface area contributed by atoms with Crippen LogP contribution >= 0.6 is 0 Å². The zero-order valence-electron chi connectivity index (χ0n) is 15.5. The largest absolute Gasteiger partial charge is 0.481 e. The molecule has 2 amide bonds. The van der Waals surface area contributed by atoms with Crippen molar-refractivity contribution in [3.05, 3.63) is 42.5 Å². The van der Waals surface area contributed by atoms with Crippen molar-refractivity contribution in [2.45, 2.75) is 20.0 Å². The maximum atomic E-state index is 12.5. The standard InChI is InChI=1S/C20H18F2N4O3/c1-2-3-6-11-28-13-9-10-15-14(12-13)18(26-25-15)24-20(27)23-16-7-4-5-8-17(16)29-19(21)22/h4-5,7-10,12,19H,2,11H2,1H3,(H3,23,24,25,26,27). The maximum absolute atomic E-state index is 12.5. The monoisotopic (exact) mass is 400 g/mol. The van der Waals surface area contributed by atoms with Crippen LogP contribution in [0.2, 0.25) is 0 Å². The Balaban J connectivity index is 1.72. The van der Waals surface area contributed by atoms with E-state index < -0.39 is 12.6 Å². The molecular formula is C20H18F2N4O3. The lowest BCUT2D eigenvalue weighted by atomic mass is 10.2. The van der Waals surface area contributed by atoms with Crippen molar-refractivity contribution < 1.29 is 23.0 Å². The third kappa shape index (κ3) is 5.35. The number of fused-ring (bicyclic) bond motifs is 1. The first-order chi connectivity index (χ1) is 14.1. The zero-order valence-corrected chi connectivity index (χ0v) is 15.5. The lowest BCUT2D eigenvalue weighted by molar-refractivity contribution is -0.0493. The van der Waals surface area contributed by atoms with Crippen LogP contribution in [0.15, 0.2) is 42.5 Å². The Labute approximate surface area is 165 Å². The number of carbonyl (C=O) groups is 1. The van der Waals surface area contributed by atoms with Crippen LogP contribution in [0, 0.1) is 11.8 Å². The minimum atomic E-state index is -3.00. The van der Waals surface area contributed by atoms with Gasteiger partial charge in [0.15, 0.2) is 5.82 Å². The molecule has 0 unspecified atom stereocenters. The molecule has 7 nitrogen and oxygen atoms in total. The fourth-order valence-corrected chi connectivity index (χ4v) is 2.50. The van der Waals surface area contributed by atoms with Crippen LogP contribution in [0.4, 0.5) is 25.1 Å². The van der Waals surface area contributed by atoms with Gasteiger partial charge in [-0.2, -0.15) is 13.9 Å². The summed E-state index contributed by atoms with van der Waals surface area (Å²) < 4.78 is 35.0. The molecule has 0 radical (unpaired) electrons. The minimum absolute atomic E-state index is 0.101. The second-order valence-electron chi connectivity index (χ2n) is 5.73. The average molecular weight is 400 g/mol. The molecule has 0 saturated heterocycles. The molecule has 3 rings (SSSR count). The Morgan fingerprint density at radius 2 is 2.03 bits per heavy atom. The van der Waals surface area contributed by atoms with Gasteiger partial charge in [-0.05, 0) is 30.3 Å². The number of alkyl halides is 2. The summed E-state index contributed by atoms with van der Waals surface area (Å²) in [6.45, 7) is -0.802. The fourth-order valence-electron chi connectivity index (χ4n) is 2.50. The summed E-state index contributed by atoms with van der Waals surface area (Å²) in [5.74, 6) is 6.48. The second-order valence-corrected chi connectivity index (χ2v) is 5.73. The molecule has 0 fully saturated rings. The van der Waals surface area contributed by atoms with E-state index in [4.69, 9.17) is 4.74 Å². The van der Waals surface area contributed by atoms with Gasteiger partial charge < -0.3 is 14.8 Å². The number of para-hydroxylation sites is 2. The number of nitrogens with one attached hydrogen (secondary N) is 3. The molecule has 0 aliphatic rings. The topological polar surface area (TPSA) is 88.3 Å². The lowest BCUT2D eigenvalue weighted by Gasteiger charge is -2.11. The molecule has 3 aromatic rings. The van der Waals surface area contributed by atoms with Crippen molar-refractivity contribution in [2.75, 3.05) is 17.2 Å². The molecule has 0 spiro atoms. The molecule has 1 aromatic heterocycles. The van der Waals surface area contributed by atoms with Crippen LogP contribution in [0.25, 0.3) is 10.9 Å². The highest BCUT2D eigenvalue weighted by atomic mass is 19.3. The van der Waals surface area contributed by atoms with Gasteiger partial charge in [-0.1, -0.05) is 25.0 Å². The predicted molar refractivity (Wildman–Crippen MR) is 105 cm³/mol. The van der Waals surface area contributed by atoms with Gasteiger partial charge >= 0.3 is 12.6 Å². The third-order valence-corrected chi connectivity index (χ3v) is 3.73. The van der Waals surface area contributed by atoms with Crippen molar-refractivity contribution in [3.63, 3.8) is 0 Å². The van der Waals surface area contributed by atoms with Crippen LogP contribution in [0.1, 0.15) is 13.3 Å². The van der Waals surface area contributed by atoms with E-state index in [0.29, 0.717) is 16.7 Å². The van der Waals surface area contributed by atoms with Crippen LogP contribution in [0.3, 0.4) is 0 Å². The van der Waals surface area contributed by atoms with Gasteiger partial charge in [-0.25, -0.2) is 4.79 Å². The highest BCUT2D eigenvalue weighted by molar-refractivity contribution is 6.05. The molecular weight excluding hydrogens is 382 g/mol. The molecule has 29 heavy (non-hydrogen) atoms. The summed E-state index contributed by atoms with van der Waals surface area (Å²) in [5, 5.41) is 12.5. The smallest absolute Gasteiger partial charge is 0.387 e. The maximum Gasteiger partial charge on any atom is 0.387 e. The molecule has 1 heterocycles. The Morgan fingerprint density at radius 1 is 1.21 bits per heavy atom. The molecule has 3 N–H and O–H groups in total. The van der Waals surface area contributed by atoms with Crippen molar-refractivity contribution in [2.24, 2.45) is 0 Å². The summed E-state index contributed by atoms with van der Waals surface area (Å²) in [6, 6.07) is 10.5. The van der Waals surface area contributed by atoms with E-state index in [9.17, 15) is 13.6 Å². The number of anilines is 2. The molecule has 0 saturated carbocycles. The summed E-state index contributed by atoms with van der Waals surface area (Å²) in [5.41, 5.74) is 0.789. The number of aromatic amines is 1. The van der Waals surface area contributed by atoms with E-state index >= 15 is 0 Å². The highest BCUT2D eigenvalue weighted by Crippen LogP contribution is 2.27. The molecule has 0 aliphatic carbocycles. The van der Waals surface area contributed by atoms with Gasteiger partial charge in [-0.3, -0.25) is 10.4 Å². The number of nitrogens with zero attached hydrogens (tertiary/aromatic N) is 1. The van der Waals surface area contributed by atoms with Crippen LogP contribution in [-0.4, -0.2) is 29.4 Å². The summed E-state index contributed by atoms with van der Waals surface area (Å²) in [6.07, 6.45) is 0.749. The fraction of sp³-hybridized carbons (Fsp3) is 0.200. The zero-order chi connectivity index (χ0) is 20.6. The van der Waals surface area contributed by atoms with Gasteiger partial charge in [0, 0.05) is 11.8 Å². The van der Waals surface area contributed by atoms with Crippen molar-refractivity contribution in [1.82, 2.24) is 10.2 Å². The molecule has 0 bridgehead atoms. The molecule has 0 aliphatic heterocycles. The number of carbonyl (C=O) groups excluding carboxylic acids is 1. The van der Waals surface area contributed by atoms with Crippen molar-refractivity contribution in [3.8, 4) is 23.3 Å². The number of hydrogen-bond donors (Lipinski definition) is 3. The highest BCUT2D eigenvalue weighted by Gasteiger charge is 2.14. The lowest BCUT2D eigenvalue weighted by Crippen LogP contribution is -2.20. The van der Waals surface area contributed by atoms with Gasteiger partial charge in [0.25, 0.3) is 0 Å². The van der Waals surface area contributed by atoms with Crippen molar-refractivity contribution in [1.29, 1.82) is 0 Å². The molecule has 0 atom stereocenters. The number of urea groups is 1. The number of H-pyrrole nitrogens is 1. The summed E-state index contributed by atoms with van der Waals surface area (Å²) in [4.78, 5) is 12.3. The van der Waals surface area contributed by atoms with Gasteiger partial charge in [0.05, 0.1) is 11.2 Å². The van der Waals surface area contributed by atoms with E-state index in [2.05, 4.69) is 37.4 Å². The first-order valence-corrected chi connectivity index (χ1v) is 8.75. The van der Waals surface area contributed by atoms with E-state index in [1.165, 1.54) is 18.2 Å². The number of ether oxygens (including phenoxy) is 2. The number of hydrogen-bond acceptors (Lipinski definition) is 4. The summed E-state index contributed by atoms with van der Waals surface area (Å²) >= 11 is 0. The molecule has 9 heteroatoms. The first-order valence-electron chi connectivity index (χ1n) is 8.75. The number of halogens is 2. The van der Waals surface area contributed by atoms with E-state index in [1.807, 2.05) is 6.92 Å². The predicted octanol–water partition coefficient (Wildman–Crippen LogP) is 4.60. The Hall–Kier alpha value is -3.80. The number of rotatable bonds is 6. The second kappa shape index (κ2) is 9.41. The van der Waals surface area contributed by atoms with E-state index in [1.54, 1.807) is 24.3 Å². The SMILES string of the molecule is CCC#CCOc1ccc2[nH]nc(NC(=O)Nc3ccccc3OC(F)F)c2c1. The number of amides is 2. The van der Waals surface area contributed by atoms with Crippen LogP contribution < -0.4 is 20.1 Å². The Bertz CT molecular complexity index is 1060. The van der Waals surface area contributed by atoms with E-state index in [-0.39, 0.29) is 23.9 Å². The first kappa shape index (κ1) is 19.9. The van der Waals surface area contributed by atoms with Crippen LogP contribution in [0.5, 0.6) is 11.5 Å². The van der Waals surface area contributed by atoms with Crippen molar-refractivity contribution >= 4 is 28.4 Å². The van der Waals surface area contributed by atoms with Gasteiger partial charge in [0.1, 0.15) is 18.1 Å². The average Bonchev–Trinajstić information content (AvgIpc) is 3.08. The van der Waals surface area contributed by atoms with Gasteiger partial charge in [0.2, 0.25) is 0 Å². The molecule has 2 aromatic carbocycles. The quantitative estimate of drug-likeness (QED) is 0.528.